The number of nitrogens with one attached hydrogen (secondary N) is 2. The van der Waals surface area contributed by atoms with Gasteiger partial charge in [0, 0.05) is 50.0 Å². The second-order valence-electron chi connectivity index (χ2n) is 7.59. The van der Waals surface area contributed by atoms with Crippen LogP contribution in [-0.2, 0) is 0 Å². The number of carbonyl (C=O) groups excluding carboxylic acids is 1. The molecule has 0 saturated carbocycles. The van der Waals surface area contributed by atoms with Gasteiger partial charge in [-0.2, -0.15) is 0 Å². The zero-order chi connectivity index (χ0) is 17.6. The minimum Gasteiger partial charge on any atom is -0.369 e. The van der Waals surface area contributed by atoms with Crippen LogP contribution in [0.3, 0.4) is 0 Å². The number of anilines is 1. The zero-order valence-electron chi connectivity index (χ0n) is 15.6. The van der Waals surface area contributed by atoms with Crippen LogP contribution in [0.15, 0.2) is 24.3 Å². The van der Waals surface area contributed by atoms with Gasteiger partial charge in [0.25, 0.3) is 5.91 Å². The van der Waals surface area contributed by atoms with Crippen molar-refractivity contribution in [3.8, 4) is 0 Å². The average Bonchev–Trinajstić information content (AvgIpc) is 2.67. The quantitative estimate of drug-likeness (QED) is 0.857. The molecule has 1 atom stereocenters. The van der Waals surface area contributed by atoms with Crippen LogP contribution in [0.1, 0.15) is 37.0 Å². The zero-order valence-corrected chi connectivity index (χ0v) is 15.6. The van der Waals surface area contributed by atoms with E-state index in [0.29, 0.717) is 12.0 Å². The third-order valence-electron chi connectivity index (χ3n) is 5.49. The average molecular weight is 345 g/mol. The lowest BCUT2D eigenvalue weighted by Gasteiger charge is -2.38. The number of benzene rings is 1. The molecule has 0 spiro atoms. The largest absolute Gasteiger partial charge is 0.369 e. The van der Waals surface area contributed by atoms with Crippen LogP contribution in [0.2, 0.25) is 0 Å². The van der Waals surface area contributed by atoms with Crippen molar-refractivity contribution in [3.05, 3.63) is 29.8 Å². The molecule has 0 radical (unpaired) electrons. The summed E-state index contributed by atoms with van der Waals surface area (Å²) in [5.74, 6) is 0.607. The molecule has 2 saturated heterocycles. The van der Waals surface area contributed by atoms with Crippen molar-refractivity contribution in [2.75, 3.05) is 50.7 Å². The number of hydrogen-bond acceptors (Lipinski definition) is 4. The lowest BCUT2D eigenvalue weighted by Crippen LogP contribution is -2.48. The maximum atomic E-state index is 12.3. The molecule has 2 aliphatic heterocycles. The fourth-order valence-corrected chi connectivity index (χ4v) is 3.76. The van der Waals surface area contributed by atoms with Gasteiger partial charge in [-0.1, -0.05) is 0 Å². The monoisotopic (exact) mass is 344 g/mol. The Balaban J connectivity index is 1.49. The first-order valence-corrected chi connectivity index (χ1v) is 9.71. The first-order valence-electron chi connectivity index (χ1n) is 9.71. The summed E-state index contributed by atoms with van der Waals surface area (Å²) in [4.78, 5) is 17.3. The molecule has 0 aliphatic carbocycles. The summed E-state index contributed by atoms with van der Waals surface area (Å²) in [5, 5.41) is 6.48. The maximum absolute atomic E-state index is 12.3. The molecule has 1 unspecified atom stereocenters. The van der Waals surface area contributed by atoms with Crippen LogP contribution in [-0.4, -0.2) is 62.7 Å². The van der Waals surface area contributed by atoms with Crippen molar-refractivity contribution in [2.45, 2.75) is 32.7 Å². The Labute approximate surface area is 151 Å². The second-order valence-corrected chi connectivity index (χ2v) is 7.59. The molecule has 2 heterocycles. The highest BCUT2D eigenvalue weighted by Gasteiger charge is 2.19. The molecule has 2 fully saturated rings. The molecule has 25 heavy (non-hydrogen) atoms. The van der Waals surface area contributed by atoms with Crippen LogP contribution < -0.4 is 15.5 Å². The lowest BCUT2D eigenvalue weighted by molar-refractivity contribution is 0.0945. The summed E-state index contributed by atoms with van der Waals surface area (Å²) >= 11 is 0. The van der Waals surface area contributed by atoms with Gasteiger partial charge in [0.2, 0.25) is 0 Å². The van der Waals surface area contributed by atoms with E-state index in [4.69, 9.17) is 0 Å². The van der Waals surface area contributed by atoms with Gasteiger partial charge in [0.05, 0.1) is 0 Å². The number of hydrogen-bond donors (Lipinski definition) is 2. The van der Waals surface area contributed by atoms with E-state index in [1.54, 1.807) is 0 Å². The Bertz CT molecular complexity index is 543. The lowest BCUT2D eigenvalue weighted by atomic mass is 9.99. The number of piperidine rings is 1. The van der Waals surface area contributed by atoms with E-state index in [1.165, 1.54) is 18.5 Å². The van der Waals surface area contributed by atoms with Crippen molar-refractivity contribution in [1.82, 2.24) is 15.5 Å². The van der Waals surface area contributed by atoms with Crippen molar-refractivity contribution in [2.24, 2.45) is 5.92 Å². The molecule has 3 rings (SSSR count). The molecule has 5 nitrogen and oxygen atoms in total. The van der Waals surface area contributed by atoms with Crippen LogP contribution >= 0.6 is 0 Å². The van der Waals surface area contributed by atoms with E-state index in [2.05, 4.69) is 46.4 Å². The van der Waals surface area contributed by atoms with Gasteiger partial charge in [-0.15, -0.1) is 0 Å². The van der Waals surface area contributed by atoms with Gasteiger partial charge in [-0.3, -0.25) is 9.69 Å². The van der Waals surface area contributed by atoms with Crippen molar-refractivity contribution >= 4 is 11.6 Å². The van der Waals surface area contributed by atoms with Crippen LogP contribution in [0.25, 0.3) is 0 Å². The highest BCUT2D eigenvalue weighted by Crippen LogP contribution is 2.18. The summed E-state index contributed by atoms with van der Waals surface area (Å²) in [6.07, 6.45) is 2.41. The summed E-state index contributed by atoms with van der Waals surface area (Å²) in [6.45, 7) is 11.7. The fourth-order valence-electron chi connectivity index (χ4n) is 3.76. The predicted octanol–water partition coefficient (Wildman–Crippen LogP) is 1.95. The van der Waals surface area contributed by atoms with Crippen molar-refractivity contribution in [1.29, 1.82) is 0 Å². The summed E-state index contributed by atoms with van der Waals surface area (Å²) < 4.78 is 0. The minimum absolute atomic E-state index is 0.0433. The van der Waals surface area contributed by atoms with Crippen LogP contribution in [0.4, 0.5) is 5.69 Å². The van der Waals surface area contributed by atoms with Crippen LogP contribution in [0, 0.1) is 5.92 Å². The van der Waals surface area contributed by atoms with Gasteiger partial charge in [-0.25, -0.2) is 0 Å². The van der Waals surface area contributed by atoms with Crippen molar-refractivity contribution < 1.29 is 4.79 Å². The first-order chi connectivity index (χ1) is 12.1. The van der Waals surface area contributed by atoms with Gasteiger partial charge < -0.3 is 15.5 Å². The fraction of sp³-hybridized carbons (Fsp3) is 0.650. The Kier molecular flexibility index (Phi) is 6.32. The Morgan fingerprint density at radius 2 is 1.92 bits per heavy atom. The number of carbonyl (C=O) groups is 1. The Morgan fingerprint density at radius 3 is 2.52 bits per heavy atom. The van der Waals surface area contributed by atoms with E-state index in [9.17, 15) is 4.79 Å². The molecule has 2 aliphatic rings. The molecule has 1 aromatic carbocycles. The van der Waals surface area contributed by atoms with E-state index >= 15 is 0 Å². The molecular weight excluding hydrogens is 312 g/mol. The summed E-state index contributed by atoms with van der Waals surface area (Å²) in [6, 6.07) is 8.70. The van der Waals surface area contributed by atoms with E-state index in [0.717, 1.165) is 51.4 Å². The van der Waals surface area contributed by atoms with E-state index in [-0.39, 0.29) is 5.91 Å². The SMILES string of the molecule is CC(C)N1CCN(c2ccc(C(=O)NCC3CCCNC3)cc2)CC1. The third kappa shape index (κ3) is 4.95. The predicted molar refractivity (Wildman–Crippen MR) is 103 cm³/mol. The molecule has 0 bridgehead atoms. The second kappa shape index (κ2) is 8.68. The van der Waals surface area contributed by atoms with E-state index in [1.807, 2.05) is 12.1 Å². The normalized spacial score (nSPS) is 22.2. The first kappa shape index (κ1) is 18.2. The molecule has 138 valence electrons. The molecule has 1 amide bonds. The molecule has 1 aromatic rings. The smallest absolute Gasteiger partial charge is 0.251 e. The van der Waals surface area contributed by atoms with Gasteiger partial charge >= 0.3 is 0 Å². The topological polar surface area (TPSA) is 47.6 Å². The molecule has 5 heteroatoms. The Hall–Kier alpha value is -1.59. The summed E-state index contributed by atoms with van der Waals surface area (Å²) in [7, 11) is 0. The minimum atomic E-state index is 0.0433. The third-order valence-corrected chi connectivity index (χ3v) is 5.49. The summed E-state index contributed by atoms with van der Waals surface area (Å²) in [5.41, 5.74) is 1.98. The number of amides is 1. The molecule has 2 N–H and O–H groups in total. The molecular formula is C20H32N4O. The van der Waals surface area contributed by atoms with Gasteiger partial charge in [0.1, 0.15) is 0 Å². The Morgan fingerprint density at radius 1 is 1.20 bits per heavy atom. The number of rotatable bonds is 5. The number of nitrogens with zero attached hydrogens (tertiary/aromatic N) is 2. The number of piperazine rings is 1. The highest BCUT2D eigenvalue weighted by atomic mass is 16.1. The molecule has 0 aromatic heterocycles. The van der Waals surface area contributed by atoms with Gasteiger partial charge in [0.15, 0.2) is 0 Å². The van der Waals surface area contributed by atoms with E-state index < -0.39 is 0 Å². The van der Waals surface area contributed by atoms with Gasteiger partial charge in [-0.05, 0) is 70.0 Å². The standard InChI is InChI=1S/C20H32N4O/c1-16(2)23-10-12-24(13-11-23)19-7-5-18(6-8-19)20(25)22-15-17-4-3-9-21-14-17/h5-8,16-17,21H,3-4,9-15H2,1-2H3,(H,22,25). The van der Waals surface area contributed by atoms with Crippen LogP contribution in [0.5, 0.6) is 0 Å². The highest BCUT2D eigenvalue weighted by molar-refractivity contribution is 5.94. The van der Waals surface area contributed by atoms with Crippen molar-refractivity contribution in [3.63, 3.8) is 0 Å². The maximum Gasteiger partial charge on any atom is 0.251 e.